The Morgan fingerprint density at radius 1 is 1.13 bits per heavy atom. The van der Waals surface area contributed by atoms with Crippen molar-refractivity contribution in [1.82, 2.24) is 9.88 Å². The number of methoxy groups -OCH3 is 1. The molecular weight excluding hydrogens is 441 g/mol. The Morgan fingerprint density at radius 2 is 1.87 bits per heavy atom. The van der Waals surface area contributed by atoms with Crippen molar-refractivity contribution in [2.45, 2.75) is 19.3 Å². The number of pyridine rings is 1. The molecule has 31 heavy (non-hydrogen) atoms. The summed E-state index contributed by atoms with van der Waals surface area (Å²) in [7, 11) is 5.65. The molecule has 0 bridgehead atoms. The van der Waals surface area contributed by atoms with E-state index < -0.39 is 5.63 Å². The smallest absolute Gasteiger partial charge is 0.338 e. The van der Waals surface area contributed by atoms with Gasteiger partial charge in [-0.2, -0.15) is 0 Å². The van der Waals surface area contributed by atoms with Crippen molar-refractivity contribution in [2.24, 2.45) is 0 Å². The first kappa shape index (κ1) is 23.2. The molecule has 2 aromatic heterocycles. The maximum Gasteiger partial charge on any atom is 0.338 e. The van der Waals surface area contributed by atoms with Crippen LogP contribution in [0.25, 0.3) is 11.0 Å². The lowest BCUT2D eigenvalue weighted by Gasteiger charge is -2.15. The molecule has 0 aliphatic rings. The van der Waals surface area contributed by atoms with Crippen molar-refractivity contribution >= 4 is 45.5 Å². The number of nitrogens with one attached hydrogen (secondary N) is 1. The minimum Gasteiger partial charge on any atom is -0.493 e. The van der Waals surface area contributed by atoms with E-state index in [1.807, 2.05) is 0 Å². The summed E-state index contributed by atoms with van der Waals surface area (Å²) in [5.41, 5.74) is 0.688. The van der Waals surface area contributed by atoms with Gasteiger partial charge in [-0.1, -0.05) is 23.2 Å². The molecule has 0 aliphatic heterocycles. The molecule has 2 heterocycles. The lowest BCUT2D eigenvalue weighted by Crippen LogP contribution is -2.13. The Labute approximate surface area is 190 Å². The second-order valence-electron chi connectivity index (χ2n) is 7.27. The molecule has 0 unspecified atom stereocenters. The molecule has 0 radical (unpaired) electrons. The minimum atomic E-state index is -0.541. The third-order valence-electron chi connectivity index (χ3n) is 4.66. The summed E-state index contributed by atoms with van der Waals surface area (Å²) < 4.78 is 16.9. The molecule has 1 aromatic carbocycles. The summed E-state index contributed by atoms with van der Waals surface area (Å²) in [5, 5.41) is 4.41. The molecule has 0 spiro atoms. The summed E-state index contributed by atoms with van der Waals surface area (Å²) in [6.45, 7) is 1.51. The van der Waals surface area contributed by atoms with Crippen LogP contribution in [-0.4, -0.2) is 44.2 Å². The quantitative estimate of drug-likeness (QED) is 0.319. The van der Waals surface area contributed by atoms with Gasteiger partial charge in [0.25, 0.3) is 0 Å². The maximum atomic E-state index is 12.3. The first-order chi connectivity index (χ1) is 14.9. The van der Waals surface area contributed by atoms with E-state index in [0.29, 0.717) is 50.5 Å². The van der Waals surface area contributed by atoms with E-state index in [1.54, 1.807) is 19.2 Å². The van der Waals surface area contributed by atoms with Crippen molar-refractivity contribution in [3.63, 3.8) is 0 Å². The summed E-state index contributed by atoms with van der Waals surface area (Å²) in [4.78, 5) is 18.4. The lowest BCUT2D eigenvalue weighted by atomic mass is 10.1. The third kappa shape index (κ3) is 5.81. The number of aromatic nitrogens is 1. The third-order valence-corrected chi connectivity index (χ3v) is 5.23. The molecule has 3 rings (SSSR count). The molecule has 1 N–H and O–H groups in total. The first-order valence-electron chi connectivity index (χ1n) is 9.89. The van der Waals surface area contributed by atoms with Gasteiger partial charge in [0.15, 0.2) is 11.3 Å². The number of ether oxygens (including phenoxy) is 2. The summed E-state index contributed by atoms with van der Waals surface area (Å²) >= 11 is 12.4. The van der Waals surface area contributed by atoms with Crippen molar-refractivity contribution < 1.29 is 13.9 Å². The number of halogens is 2. The zero-order valence-electron chi connectivity index (χ0n) is 17.7. The molecule has 0 amide bonds. The average molecular weight is 466 g/mol. The second-order valence-corrected chi connectivity index (χ2v) is 8.08. The first-order valence-corrected chi connectivity index (χ1v) is 10.6. The van der Waals surface area contributed by atoms with Gasteiger partial charge in [-0.3, -0.25) is 4.98 Å². The largest absolute Gasteiger partial charge is 0.493 e. The monoisotopic (exact) mass is 465 g/mol. The normalized spacial score (nSPS) is 11.2. The summed E-state index contributed by atoms with van der Waals surface area (Å²) in [5.74, 6) is 0.876. The van der Waals surface area contributed by atoms with Crippen LogP contribution < -0.4 is 20.4 Å². The van der Waals surface area contributed by atoms with Crippen molar-refractivity contribution in [1.29, 1.82) is 0 Å². The predicted molar refractivity (Wildman–Crippen MR) is 124 cm³/mol. The highest BCUT2D eigenvalue weighted by Gasteiger charge is 2.17. The Balaban J connectivity index is 1.91. The van der Waals surface area contributed by atoms with Crippen LogP contribution in [-0.2, 0) is 0 Å². The van der Waals surface area contributed by atoms with Gasteiger partial charge >= 0.3 is 5.63 Å². The number of hydrogen-bond acceptors (Lipinski definition) is 7. The topological polar surface area (TPSA) is 76.8 Å². The number of anilines is 2. The Morgan fingerprint density at radius 3 is 2.55 bits per heavy atom. The molecule has 0 fully saturated rings. The Kier molecular flexibility index (Phi) is 8.01. The number of hydrogen-bond donors (Lipinski definition) is 1. The fourth-order valence-electron chi connectivity index (χ4n) is 3.13. The van der Waals surface area contributed by atoms with E-state index in [4.69, 9.17) is 37.1 Å². The van der Waals surface area contributed by atoms with E-state index in [-0.39, 0.29) is 0 Å². The van der Waals surface area contributed by atoms with Crippen LogP contribution in [0, 0.1) is 0 Å². The molecule has 7 nitrogen and oxygen atoms in total. The number of rotatable bonds is 10. The minimum absolute atomic E-state index is 0.295. The van der Waals surface area contributed by atoms with Crippen LogP contribution >= 0.6 is 23.2 Å². The van der Waals surface area contributed by atoms with E-state index in [1.165, 1.54) is 18.5 Å². The van der Waals surface area contributed by atoms with Gasteiger partial charge < -0.3 is 24.1 Å². The highest BCUT2D eigenvalue weighted by Crippen LogP contribution is 2.40. The summed E-state index contributed by atoms with van der Waals surface area (Å²) in [6, 6.07) is 4.89. The van der Waals surface area contributed by atoms with Crippen molar-refractivity contribution in [3.05, 3.63) is 51.1 Å². The SMILES string of the molecule is COc1ccc2c(Nc3c(Cl)cncc3Cl)cc(=O)oc2c1OCCCCCN(C)C. The lowest BCUT2D eigenvalue weighted by molar-refractivity contribution is 0.280. The number of benzene rings is 1. The van der Waals surface area contributed by atoms with Gasteiger partial charge in [-0.05, 0) is 52.0 Å². The number of unbranched alkanes of at least 4 members (excludes halogenated alkanes) is 2. The molecule has 0 atom stereocenters. The van der Waals surface area contributed by atoms with Crippen molar-refractivity contribution in [3.8, 4) is 11.5 Å². The fraction of sp³-hybridized carbons (Fsp3) is 0.364. The second kappa shape index (κ2) is 10.7. The zero-order chi connectivity index (χ0) is 22.4. The van der Waals surface area contributed by atoms with Gasteiger partial charge in [0.05, 0.1) is 35.1 Å². The Hall–Kier alpha value is -2.48. The molecule has 9 heteroatoms. The van der Waals surface area contributed by atoms with Crippen molar-refractivity contribution in [2.75, 3.05) is 39.7 Å². The highest BCUT2D eigenvalue weighted by atomic mass is 35.5. The molecule has 0 saturated carbocycles. The van der Waals surface area contributed by atoms with Crippen LogP contribution in [0.5, 0.6) is 11.5 Å². The van der Waals surface area contributed by atoms with E-state index in [9.17, 15) is 4.79 Å². The molecular formula is C22H25Cl2N3O4. The van der Waals surface area contributed by atoms with Gasteiger partial charge in [0, 0.05) is 23.8 Å². The van der Waals surface area contributed by atoms with Gasteiger partial charge in [-0.25, -0.2) is 4.79 Å². The molecule has 0 saturated heterocycles. The molecule has 3 aromatic rings. The van der Waals surface area contributed by atoms with Crippen LogP contribution in [0.1, 0.15) is 19.3 Å². The van der Waals surface area contributed by atoms with Crippen LogP contribution in [0.2, 0.25) is 10.0 Å². The standard InChI is InChI=1S/C22H25Cl2N3O4/c1-27(2)9-5-4-6-10-30-22-18(29-3)8-7-14-17(11-19(28)31-21(14)22)26-20-15(23)12-25-13-16(20)24/h7-8,11-13H,4-6,9-10H2,1-3H3,(H,25,26). The highest BCUT2D eigenvalue weighted by molar-refractivity contribution is 6.39. The maximum absolute atomic E-state index is 12.3. The van der Waals surface area contributed by atoms with Gasteiger partial charge in [0.1, 0.15) is 0 Å². The fourth-order valence-corrected chi connectivity index (χ4v) is 3.59. The van der Waals surface area contributed by atoms with Crippen LogP contribution in [0.3, 0.4) is 0 Å². The van der Waals surface area contributed by atoms with Gasteiger partial charge in [-0.15, -0.1) is 0 Å². The van der Waals surface area contributed by atoms with E-state index in [0.717, 1.165) is 25.8 Å². The van der Waals surface area contributed by atoms with E-state index in [2.05, 4.69) is 29.3 Å². The van der Waals surface area contributed by atoms with Gasteiger partial charge in [0.2, 0.25) is 5.75 Å². The average Bonchev–Trinajstić information content (AvgIpc) is 2.72. The van der Waals surface area contributed by atoms with Crippen LogP contribution in [0.15, 0.2) is 39.8 Å². The van der Waals surface area contributed by atoms with E-state index >= 15 is 0 Å². The number of nitrogens with zero attached hydrogens (tertiary/aromatic N) is 2. The zero-order valence-corrected chi connectivity index (χ0v) is 19.2. The van der Waals surface area contributed by atoms with Crippen LogP contribution in [0.4, 0.5) is 11.4 Å². The molecule has 166 valence electrons. The molecule has 0 aliphatic carbocycles. The predicted octanol–water partition coefficient (Wildman–Crippen LogP) is 5.36. The number of fused-ring (bicyclic) bond motifs is 1. The Bertz CT molecular complexity index is 1080. The summed E-state index contributed by atoms with van der Waals surface area (Å²) in [6.07, 6.45) is 5.92.